The van der Waals surface area contributed by atoms with Crippen LogP contribution in [0.5, 0.6) is 0 Å². The molecule has 24 heavy (non-hydrogen) atoms. The predicted octanol–water partition coefficient (Wildman–Crippen LogP) is 3.09. The zero-order chi connectivity index (χ0) is 17.6. The van der Waals surface area contributed by atoms with Gasteiger partial charge in [-0.15, -0.1) is 0 Å². The minimum Gasteiger partial charge on any atom is -0.394 e. The van der Waals surface area contributed by atoms with E-state index < -0.39 is 6.10 Å². The van der Waals surface area contributed by atoms with Gasteiger partial charge in [-0.25, -0.2) is 0 Å². The molecule has 3 rings (SSSR count). The fraction of sp³-hybridized carbons (Fsp3) is 0.950. The fourth-order valence-electron chi connectivity index (χ4n) is 5.37. The van der Waals surface area contributed by atoms with Crippen LogP contribution >= 0.6 is 0 Å². The lowest BCUT2D eigenvalue weighted by Gasteiger charge is -2.55. The number of carbonyl (C=O) groups is 1. The van der Waals surface area contributed by atoms with Gasteiger partial charge in [-0.05, 0) is 68.6 Å². The molecule has 6 unspecified atom stereocenters. The normalized spacial score (nSPS) is 46.5. The molecule has 4 heteroatoms. The van der Waals surface area contributed by atoms with Crippen LogP contribution in [0.3, 0.4) is 0 Å². The van der Waals surface area contributed by atoms with Crippen molar-refractivity contribution < 1.29 is 19.7 Å². The molecule has 1 heterocycles. The van der Waals surface area contributed by atoms with Crippen molar-refractivity contribution in [3.05, 3.63) is 0 Å². The summed E-state index contributed by atoms with van der Waals surface area (Å²) in [6.45, 7) is 7.26. The smallest absolute Gasteiger partial charge is 0.136 e. The number of aliphatic hydroxyl groups is 2. The van der Waals surface area contributed by atoms with Gasteiger partial charge < -0.3 is 14.9 Å². The van der Waals surface area contributed by atoms with E-state index >= 15 is 0 Å². The summed E-state index contributed by atoms with van der Waals surface area (Å²) < 4.78 is 5.47. The Kier molecular flexibility index (Phi) is 4.87. The number of rotatable bonds is 6. The predicted molar refractivity (Wildman–Crippen MR) is 92.6 cm³/mol. The van der Waals surface area contributed by atoms with Gasteiger partial charge in [-0.3, -0.25) is 4.79 Å². The molecule has 0 amide bonds. The van der Waals surface area contributed by atoms with Crippen molar-refractivity contribution >= 4 is 5.78 Å². The Labute approximate surface area is 146 Å². The van der Waals surface area contributed by atoms with E-state index in [2.05, 4.69) is 20.8 Å². The highest BCUT2D eigenvalue weighted by molar-refractivity contribution is 5.82. The number of hydrogen-bond donors (Lipinski definition) is 2. The molecule has 2 N–H and O–H groups in total. The van der Waals surface area contributed by atoms with Crippen LogP contribution < -0.4 is 0 Å². The van der Waals surface area contributed by atoms with Crippen LogP contribution in [0.2, 0.25) is 0 Å². The maximum Gasteiger partial charge on any atom is 0.136 e. The van der Waals surface area contributed by atoms with Crippen LogP contribution in [0.4, 0.5) is 0 Å². The van der Waals surface area contributed by atoms with Crippen LogP contribution in [0.15, 0.2) is 0 Å². The summed E-state index contributed by atoms with van der Waals surface area (Å²) in [6, 6.07) is 0. The SMILES string of the molecule is CC1(CCCC2C(=O)CCC3CC(C)(C(O)CO)CCC32C)CO1. The molecule has 0 bridgehead atoms. The lowest BCUT2D eigenvalue weighted by molar-refractivity contribution is -0.144. The Hall–Kier alpha value is -0.450. The lowest BCUT2D eigenvalue weighted by Crippen LogP contribution is -2.52. The van der Waals surface area contributed by atoms with Crippen molar-refractivity contribution in [2.75, 3.05) is 13.2 Å². The second-order valence-corrected chi connectivity index (χ2v) is 9.45. The van der Waals surface area contributed by atoms with E-state index in [0.717, 1.165) is 51.6 Å². The minimum atomic E-state index is -0.648. The first-order chi connectivity index (χ1) is 11.2. The fourth-order valence-corrected chi connectivity index (χ4v) is 5.37. The number of aliphatic hydroxyl groups excluding tert-OH is 2. The van der Waals surface area contributed by atoms with E-state index in [9.17, 15) is 15.0 Å². The van der Waals surface area contributed by atoms with Gasteiger partial charge in [0.15, 0.2) is 0 Å². The van der Waals surface area contributed by atoms with Gasteiger partial charge in [-0.2, -0.15) is 0 Å². The Bertz CT molecular complexity index is 486. The molecular formula is C20H34O4. The molecule has 6 atom stereocenters. The molecule has 4 nitrogen and oxygen atoms in total. The van der Waals surface area contributed by atoms with Gasteiger partial charge >= 0.3 is 0 Å². The summed E-state index contributed by atoms with van der Waals surface area (Å²) in [5.41, 5.74) is -0.0665. The third-order valence-corrected chi connectivity index (χ3v) is 7.62. The van der Waals surface area contributed by atoms with Crippen LogP contribution in [0.1, 0.15) is 72.1 Å². The van der Waals surface area contributed by atoms with Crippen molar-refractivity contribution in [1.29, 1.82) is 0 Å². The second kappa shape index (κ2) is 6.37. The van der Waals surface area contributed by atoms with Gasteiger partial charge in [0.1, 0.15) is 5.78 Å². The Balaban J connectivity index is 1.68. The van der Waals surface area contributed by atoms with Gasteiger partial charge in [0.05, 0.1) is 24.9 Å². The van der Waals surface area contributed by atoms with Gasteiger partial charge in [0.2, 0.25) is 0 Å². The third-order valence-electron chi connectivity index (χ3n) is 7.62. The van der Waals surface area contributed by atoms with Crippen molar-refractivity contribution in [2.24, 2.45) is 22.7 Å². The summed E-state index contributed by atoms with van der Waals surface area (Å²) in [5.74, 6) is 1.09. The van der Waals surface area contributed by atoms with Crippen molar-refractivity contribution in [3.8, 4) is 0 Å². The molecule has 3 aliphatic rings. The number of epoxide rings is 1. The number of hydrogen-bond acceptors (Lipinski definition) is 4. The van der Waals surface area contributed by atoms with Gasteiger partial charge in [-0.1, -0.05) is 13.8 Å². The number of Topliss-reactive ketones (excluding diaryl/α,β-unsaturated/α-hetero) is 1. The first kappa shape index (κ1) is 18.3. The average Bonchev–Trinajstić information content (AvgIpc) is 3.28. The number of carbonyl (C=O) groups excluding carboxylic acids is 1. The zero-order valence-corrected chi connectivity index (χ0v) is 15.5. The number of ether oxygens (including phenoxy) is 1. The highest BCUT2D eigenvalue weighted by Crippen LogP contribution is 2.58. The third kappa shape index (κ3) is 3.30. The molecular weight excluding hydrogens is 304 g/mol. The molecule has 3 fully saturated rings. The Morgan fingerprint density at radius 3 is 2.62 bits per heavy atom. The maximum absolute atomic E-state index is 12.7. The van der Waals surface area contributed by atoms with Crippen LogP contribution in [-0.2, 0) is 9.53 Å². The summed E-state index contributed by atoms with van der Waals surface area (Å²) in [5, 5.41) is 19.6. The van der Waals surface area contributed by atoms with Gasteiger partial charge in [0.25, 0.3) is 0 Å². The summed E-state index contributed by atoms with van der Waals surface area (Å²) >= 11 is 0. The second-order valence-electron chi connectivity index (χ2n) is 9.45. The summed E-state index contributed by atoms with van der Waals surface area (Å²) in [6.07, 6.45) is 6.88. The summed E-state index contributed by atoms with van der Waals surface area (Å²) in [7, 11) is 0. The molecule has 1 saturated heterocycles. The minimum absolute atomic E-state index is 0.0648. The molecule has 0 radical (unpaired) electrons. The molecule has 1 aliphatic heterocycles. The quantitative estimate of drug-likeness (QED) is 0.730. The van der Waals surface area contributed by atoms with E-state index in [0.29, 0.717) is 18.1 Å². The molecule has 0 aromatic carbocycles. The Morgan fingerprint density at radius 2 is 2.00 bits per heavy atom. The van der Waals surface area contributed by atoms with E-state index in [1.807, 2.05) is 0 Å². The van der Waals surface area contributed by atoms with Gasteiger partial charge in [0, 0.05) is 12.3 Å². The van der Waals surface area contributed by atoms with E-state index in [4.69, 9.17) is 4.74 Å². The zero-order valence-electron chi connectivity index (χ0n) is 15.5. The van der Waals surface area contributed by atoms with E-state index in [1.54, 1.807) is 0 Å². The lowest BCUT2D eigenvalue weighted by atomic mass is 9.49. The first-order valence-corrected chi connectivity index (χ1v) is 9.68. The molecule has 2 saturated carbocycles. The average molecular weight is 338 g/mol. The van der Waals surface area contributed by atoms with E-state index in [1.165, 1.54) is 0 Å². The van der Waals surface area contributed by atoms with Crippen LogP contribution in [0.25, 0.3) is 0 Å². The first-order valence-electron chi connectivity index (χ1n) is 9.68. The maximum atomic E-state index is 12.7. The monoisotopic (exact) mass is 338 g/mol. The largest absolute Gasteiger partial charge is 0.394 e. The Morgan fingerprint density at radius 1 is 1.29 bits per heavy atom. The number of fused-ring (bicyclic) bond motifs is 1. The van der Waals surface area contributed by atoms with Crippen molar-refractivity contribution in [3.63, 3.8) is 0 Å². The van der Waals surface area contributed by atoms with Crippen molar-refractivity contribution in [1.82, 2.24) is 0 Å². The van der Waals surface area contributed by atoms with Crippen LogP contribution in [-0.4, -0.2) is 40.9 Å². The van der Waals surface area contributed by atoms with E-state index in [-0.39, 0.29) is 29.0 Å². The highest BCUT2D eigenvalue weighted by atomic mass is 16.6. The van der Waals surface area contributed by atoms with Crippen LogP contribution in [0, 0.1) is 22.7 Å². The van der Waals surface area contributed by atoms with Crippen molar-refractivity contribution in [2.45, 2.75) is 83.8 Å². The molecule has 2 aliphatic carbocycles. The molecule has 0 aromatic heterocycles. The number of ketones is 1. The standard InChI is InChI=1S/C20H34O4/c1-18(17(23)12-21)9-10-20(3)14(11-18)6-7-16(22)15(20)5-4-8-19(2)13-24-19/h14-15,17,21,23H,4-13H2,1-3H3. The molecule has 0 aromatic rings. The molecule has 138 valence electrons. The highest BCUT2D eigenvalue weighted by Gasteiger charge is 2.54. The topological polar surface area (TPSA) is 70.1 Å². The summed E-state index contributed by atoms with van der Waals surface area (Å²) in [4.78, 5) is 12.7. The molecule has 0 spiro atoms.